The topological polar surface area (TPSA) is 71.6 Å². The smallest absolute Gasteiger partial charge is 0.248 e. The second kappa shape index (κ2) is 9.33. The van der Waals surface area contributed by atoms with Gasteiger partial charge in [-0.1, -0.05) is 26.3 Å². The van der Waals surface area contributed by atoms with E-state index in [-0.39, 0.29) is 0 Å². The Morgan fingerprint density at radius 1 is 1.33 bits per heavy atom. The predicted molar refractivity (Wildman–Crippen MR) is 99.0 cm³/mol. The molecule has 0 radical (unpaired) electrons. The van der Waals surface area contributed by atoms with Crippen LogP contribution in [0.25, 0.3) is 5.70 Å². The number of pyridine rings is 1. The zero-order chi connectivity index (χ0) is 17.4. The number of nitrogens with two attached hydrogens (primary N) is 1. The van der Waals surface area contributed by atoms with Crippen LogP contribution in [-0.4, -0.2) is 41.6 Å². The summed E-state index contributed by atoms with van der Waals surface area (Å²) in [5.41, 5.74) is 7.32. The van der Waals surface area contributed by atoms with Crippen LogP contribution in [0.1, 0.15) is 55.6 Å². The lowest BCUT2D eigenvalue weighted by Crippen LogP contribution is -2.24. The number of aliphatic imine (C=N–C) groups is 1. The Morgan fingerprint density at radius 2 is 2.12 bits per heavy atom. The van der Waals surface area contributed by atoms with E-state index in [2.05, 4.69) is 34.8 Å². The van der Waals surface area contributed by atoms with Crippen LogP contribution in [-0.2, 0) is 0 Å². The van der Waals surface area contributed by atoms with E-state index in [1.165, 1.54) is 25.8 Å². The minimum atomic E-state index is -0.440. The molecule has 2 heterocycles. The molecule has 0 saturated carbocycles. The Morgan fingerprint density at radius 3 is 2.75 bits per heavy atom. The van der Waals surface area contributed by atoms with Crippen molar-refractivity contribution in [3.63, 3.8) is 0 Å². The van der Waals surface area contributed by atoms with Gasteiger partial charge in [-0.3, -0.25) is 14.8 Å². The molecule has 1 unspecified atom stereocenters. The molecule has 0 fully saturated rings. The van der Waals surface area contributed by atoms with Gasteiger partial charge in [-0.2, -0.15) is 0 Å². The Bertz CT molecular complexity index is 605. The molecule has 1 amide bonds. The molecule has 130 valence electrons. The van der Waals surface area contributed by atoms with Crippen molar-refractivity contribution in [2.75, 3.05) is 19.6 Å². The Kier molecular flexibility index (Phi) is 7.12. The van der Waals surface area contributed by atoms with E-state index in [0.717, 1.165) is 25.2 Å². The van der Waals surface area contributed by atoms with Crippen molar-refractivity contribution in [3.05, 3.63) is 35.7 Å². The summed E-state index contributed by atoms with van der Waals surface area (Å²) >= 11 is 0. The van der Waals surface area contributed by atoms with E-state index in [0.29, 0.717) is 17.2 Å². The fraction of sp³-hybridized carbons (Fsp3) is 0.526. The standard InChI is InChI=1S/C19H28N4O/c1-3-23(4-2)12-6-5-7-15-8-9-17(22-14-15)18-13-16(19(20)24)10-11-21-18/h9-11,13-15H,3-8,12H2,1-2H3,(H2,20,24). The van der Waals surface area contributed by atoms with Gasteiger partial charge in [0.15, 0.2) is 0 Å². The molecule has 1 aliphatic rings. The minimum absolute atomic E-state index is 0.440. The first-order valence-corrected chi connectivity index (χ1v) is 8.87. The quantitative estimate of drug-likeness (QED) is 0.708. The fourth-order valence-corrected chi connectivity index (χ4v) is 2.93. The molecule has 1 aromatic heterocycles. The summed E-state index contributed by atoms with van der Waals surface area (Å²) in [6, 6.07) is 3.33. The summed E-state index contributed by atoms with van der Waals surface area (Å²) in [6.07, 6.45) is 10.4. The van der Waals surface area contributed by atoms with E-state index in [4.69, 9.17) is 5.73 Å². The Labute approximate surface area is 144 Å². The summed E-state index contributed by atoms with van der Waals surface area (Å²) < 4.78 is 0. The van der Waals surface area contributed by atoms with Crippen LogP contribution < -0.4 is 5.73 Å². The maximum Gasteiger partial charge on any atom is 0.248 e. The average Bonchev–Trinajstić information content (AvgIpc) is 2.62. The number of primary amides is 1. The fourth-order valence-electron chi connectivity index (χ4n) is 2.93. The first-order chi connectivity index (χ1) is 11.6. The Balaban J connectivity index is 1.81. The lowest BCUT2D eigenvalue weighted by Gasteiger charge is -2.19. The van der Waals surface area contributed by atoms with Gasteiger partial charge in [-0.25, -0.2) is 0 Å². The number of allylic oxidation sites excluding steroid dienone is 1. The average molecular weight is 328 g/mol. The lowest BCUT2D eigenvalue weighted by atomic mass is 9.96. The van der Waals surface area contributed by atoms with Crippen LogP contribution in [0.2, 0.25) is 0 Å². The van der Waals surface area contributed by atoms with Gasteiger partial charge in [-0.05, 0) is 56.9 Å². The molecule has 2 N–H and O–H groups in total. The molecule has 5 heteroatoms. The molecule has 24 heavy (non-hydrogen) atoms. The third-order valence-corrected chi connectivity index (χ3v) is 4.54. The molecule has 1 atom stereocenters. The molecule has 0 bridgehead atoms. The maximum atomic E-state index is 11.3. The molecule has 0 saturated heterocycles. The summed E-state index contributed by atoms with van der Waals surface area (Å²) in [5.74, 6) is 0.0647. The van der Waals surface area contributed by atoms with Gasteiger partial charge >= 0.3 is 0 Å². The molecule has 1 aliphatic heterocycles. The zero-order valence-corrected chi connectivity index (χ0v) is 14.7. The normalized spacial score (nSPS) is 17.1. The molecule has 1 aromatic rings. The Hall–Kier alpha value is -2.01. The molecule has 5 nitrogen and oxygen atoms in total. The van der Waals surface area contributed by atoms with Crippen LogP contribution in [0.15, 0.2) is 29.4 Å². The minimum Gasteiger partial charge on any atom is -0.366 e. The number of aromatic nitrogens is 1. The van der Waals surface area contributed by atoms with Crippen molar-refractivity contribution in [1.82, 2.24) is 9.88 Å². The van der Waals surface area contributed by atoms with Gasteiger partial charge in [0.05, 0.1) is 11.4 Å². The third-order valence-electron chi connectivity index (χ3n) is 4.54. The number of nitrogens with zero attached hydrogens (tertiary/aromatic N) is 3. The predicted octanol–water partition coefficient (Wildman–Crippen LogP) is 3.12. The molecule has 2 rings (SSSR count). The van der Waals surface area contributed by atoms with Gasteiger partial charge in [0.25, 0.3) is 0 Å². The highest BCUT2D eigenvalue weighted by molar-refractivity contribution is 5.93. The first-order valence-electron chi connectivity index (χ1n) is 8.87. The number of rotatable bonds is 9. The molecule has 0 aliphatic carbocycles. The van der Waals surface area contributed by atoms with Crippen LogP contribution in [0.5, 0.6) is 0 Å². The monoisotopic (exact) mass is 328 g/mol. The van der Waals surface area contributed by atoms with Crippen molar-refractivity contribution in [2.24, 2.45) is 16.6 Å². The number of carbonyl (C=O) groups is 1. The number of amides is 1. The highest BCUT2D eigenvalue weighted by atomic mass is 16.1. The SMILES string of the molecule is CCN(CC)CCCCC1C=NC(c2cc(C(N)=O)ccn2)=CC1. The van der Waals surface area contributed by atoms with E-state index in [1.807, 2.05) is 6.21 Å². The van der Waals surface area contributed by atoms with E-state index < -0.39 is 5.91 Å². The van der Waals surface area contributed by atoms with Gasteiger partial charge in [-0.15, -0.1) is 0 Å². The molecule has 0 aromatic carbocycles. The van der Waals surface area contributed by atoms with Crippen molar-refractivity contribution in [1.29, 1.82) is 0 Å². The summed E-state index contributed by atoms with van der Waals surface area (Å²) in [4.78, 5) is 22.5. The number of hydrogen-bond donors (Lipinski definition) is 1. The van der Waals surface area contributed by atoms with Gasteiger partial charge in [0, 0.05) is 18.0 Å². The van der Waals surface area contributed by atoms with E-state index in [9.17, 15) is 4.79 Å². The summed E-state index contributed by atoms with van der Waals surface area (Å²) in [7, 11) is 0. The van der Waals surface area contributed by atoms with Crippen LogP contribution >= 0.6 is 0 Å². The van der Waals surface area contributed by atoms with Crippen molar-refractivity contribution >= 4 is 17.8 Å². The first kappa shape index (κ1) is 18.3. The van der Waals surface area contributed by atoms with Crippen LogP contribution in [0, 0.1) is 5.92 Å². The summed E-state index contributed by atoms with van der Waals surface area (Å²) in [5, 5.41) is 0. The van der Waals surface area contributed by atoms with Gasteiger partial charge < -0.3 is 10.6 Å². The maximum absolute atomic E-state index is 11.3. The van der Waals surface area contributed by atoms with Gasteiger partial charge in [0.2, 0.25) is 5.91 Å². The highest BCUT2D eigenvalue weighted by Gasteiger charge is 2.13. The largest absolute Gasteiger partial charge is 0.366 e. The molecular formula is C19H28N4O. The van der Waals surface area contributed by atoms with Crippen LogP contribution in [0.3, 0.4) is 0 Å². The second-order valence-electron chi connectivity index (χ2n) is 6.18. The van der Waals surface area contributed by atoms with E-state index >= 15 is 0 Å². The van der Waals surface area contributed by atoms with Crippen molar-refractivity contribution in [3.8, 4) is 0 Å². The molecule has 0 spiro atoms. The number of carbonyl (C=O) groups excluding carboxylic acids is 1. The molecular weight excluding hydrogens is 300 g/mol. The van der Waals surface area contributed by atoms with Crippen molar-refractivity contribution < 1.29 is 4.79 Å². The van der Waals surface area contributed by atoms with E-state index in [1.54, 1.807) is 18.3 Å². The van der Waals surface area contributed by atoms with Gasteiger partial charge in [0.1, 0.15) is 0 Å². The second-order valence-corrected chi connectivity index (χ2v) is 6.18. The summed E-state index contributed by atoms with van der Waals surface area (Å²) in [6.45, 7) is 7.87. The van der Waals surface area contributed by atoms with Crippen LogP contribution in [0.4, 0.5) is 0 Å². The zero-order valence-electron chi connectivity index (χ0n) is 14.7. The third kappa shape index (κ3) is 5.27. The van der Waals surface area contributed by atoms with Crippen molar-refractivity contribution in [2.45, 2.75) is 39.5 Å². The lowest BCUT2D eigenvalue weighted by molar-refractivity contribution is 0.1000. The number of unbranched alkanes of at least 4 members (excludes halogenated alkanes) is 1. The number of hydrogen-bond acceptors (Lipinski definition) is 4. The highest BCUT2D eigenvalue weighted by Crippen LogP contribution is 2.23.